The minimum atomic E-state index is -4.56. The zero-order valence-electron chi connectivity index (χ0n) is 11.6. The molecule has 1 N–H and O–H groups in total. The van der Waals surface area contributed by atoms with Crippen molar-refractivity contribution in [1.82, 2.24) is 10.2 Å². The van der Waals surface area contributed by atoms with Crippen LogP contribution in [-0.2, 0) is 9.53 Å². The van der Waals surface area contributed by atoms with E-state index in [9.17, 15) is 22.8 Å². The molecule has 0 bridgehead atoms. The Morgan fingerprint density at radius 3 is 2.48 bits per heavy atom. The van der Waals surface area contributed by atoms with Gasteiger partial charge in [-0.2, -0.15) is 13.2 Å². The van der Waals surface area contributed by atoms with Gasteiger partial charge in [0.2, 0.25) is 5.91 Å². The fraction of sp³-hybridized carbons (Fsp3) is 0.846. The summed E-state index contributed by atoms with van der Waals surface area (Å²) in [5, 5.41) is 2.77. The Bertz CT molecular complexity index is 397. The van der Waals surface area contributed by atoms with E-state index in [0.717, 1.165) is 17.7 Å². The Balaban J connectivity index is 1.80. The van der Waals surface area contributed by atoms with Gasteiger partial charge in [0.15, 0.2) is 6.61 Å². The van der Waals surface area contributed by atoms with Crippen LogP contribution >= 0.6 is 0 Å². The number of halogens is 3. The van der Waals surface area contributed by atoms with Gasteiger partial charge in [0.25, 0.3) is 0 Å². The van der Waals surface area contributed by atoms with E-state index < -0.39 is 24.9 Å². The maximum Gasteiger partial charge on any atom is 0.422 e. The number of amides is 2. The summed E-state index contributed by atoms with van der Waals surface area (Å²) in [6.07, 6.45) is -1.25. The maximum atomic E-state index is 12.0. The third kappa shape index (κ3) is 4.50. The zero-order valence-corrected chi connectivity index (χ0v) is 11.6. The van der Waals surface area contributed by atoms with Crippen LogP contribution in [0.25, 0.3) is 0 Å². The summed E-state index contributed by atoms with van der Waals surface area (Å²) < 4.78 is 40.3. The smallest absolute Gasteiger partial charge is 0.422 e. The van der Waals surface area contributed by atoms with Crippen molar-refractivity contribution in [2.24, 2.45) is 5.92 Å². The van der Waals surface area contributed by atoms with E-state index in [0.29, 0.717) is 25.3 Å². The monoisotopic (exact) mass is 308 g/mol. The summed E-state index contributed by atoms with van der Waals surface area (Å²) in [6.45, 7) is -0.808. The second-order valence-corrected chi connectivity index (χ2v) is 5.56. The van der Waals surface area contributed by atoms with Gasteiger partial charge in [-0.25, -0.2) is 4.79 Å². The molecule has 2 rings (SSSR count). The van der Waals surface area contributed by atoms with E-state index in [1.165, 1.54) is 6.42 Å². The van der Waals surface area contributed by atoms with E-state index in [1.807, 2.05) is 0 Å². The molecule has 2 amide bonds. The van der Waals surface area contributed by atoms with Gasteiger partial charge in [-0.3, -0.25) is 9.69 Å². The number of carbonyl (C=O) groups is 2. The average Bonchev–Trinajstić information content (AvgIpc) is 2.82. The summed E-state index contributed by atoms with van der Waals surface area (Å²) in [5.74, 6) is 0.185. The number of likely N-dealkylation sites (tertiary alicyclic amines) is 1. The molecule has 1 unspecified atom stereocenters. The first kappa shape index (κ1) is 15.9. The predicted octanol–water partition coefficient (Wildman–Crippen LogP) is 2.07. The highest BCUT2D eigenvalue weighted by Crippen LogP contribution is 2.26. The van der Waals surface area contributed by atoms with E-state index in [-0.39, 0.29) is 12.5 Å². The summed E-state index contributed by atoms with van der Waals surface area (Å²) in [5.41, 5.74) is 0. The van der Waals surface area contributed by atoms with Crippen molar-refractivity contribution in [1.29, 1.82) is 0 Å². The van der Waals surface area contributed by atoms with Crippen LogP contribution in [0.5, 0.6) is 0 Å². The van der Waals surface area contributed by atoms with Crippen molar-refractivity contribution < 1.29 is 27.5 Å². The lowest BCUT2D eigenvalue weighted by Gasteiger charge is -2.28. The molecule has 1 heterocycles. The first-order valence-corrected chi connectivity index (χ1v) is 7.14. The molecule has 0 spiro atoms. The van der Waals surface area contributed by atoms with Crippen LogP contribution in [0.4, 0.5) is 18.0 Å². The van der Waals surface area contributed by atoms with Crippen LogP contribution in [0.2, 0.25) is 0 Å². The van der Waals surface area contributed by atoms with Crippen LogP contribution in [0, 0.1) is 5.92 Å². The Hall–Kier alpha value is -1.47. The number of hydrogen-bond donors (Lipinski definition) is 1. The Kier molecular flexibility index (Phi) is 4.95. The molecule has 2 aliphatic rings. The Morgan fingerprint density at radius 1 is 1.19 bits per heavy atom. The van der Waals surface area contributed by atoms with E-state index >= 15 is 0 Å². The Labute approximate surface area is 120 Å². The second kappa shape index (κ2) is 6.53. The number of rotatable bonds is 4. The van der Waals surface area contributed by atoms with Gasteiger partial charge in [-0.1, -0.05) is 6.42 Å². The minimum absolute atomic E-state index is 0.248. The average molecular weight is 308 g/mol. The van der Waals surface area contributed by atoms with Crippen molar-refractivity contribution in [2.75, 3.05) is 19.7 Å². The summed E-state index contributed by atoms with van der Waals surface area (Å²) >= 11 is 0. The molecule has 120 valence electrons. The van der Waals surface area contributed by atoms with Crippen LogP contribution in [0.15, 0.2) is 0 Å². The first-order valence-electron chi connectivity index (χ1n) is 7.14. The first-order chi connectivity index (χ1) is 9.87. The normalized spacial score (nSPS) is 22.8. The Morgan fingerprint density at radius 2 is 1.90 bits per heavy atom. The highest BCUT2D eigenvalue weighted by molar-refractivity contribution is 5.86. The number of nitrogens with one attached hydrogen (secondary N) is 1. The molecule has 21 heavy (non-hydrogen) atoms. The fourth-order valence-electron chi connectivity index (χ4n) is 2.54. The van der Waals surface area contributed by atoms with Gasteiger partial charge in [0, 0.05) is 13.1 Å². The third-order valence-electron chi connectivity index (χ3n) is 3.94. The molecule has 1 saturated heterocycles. The quantitative estimate of drug-likeness (QED) is 0.865. The van der Waals surface area contributed by atoms with E-state index in [2.05, 4.69) is 10.1 Å². The van der Waals surface area contributed by atoms with Gasteiger partial charge in [0.05, 0.1) is 0 Å². The van der Waals surface area contributed by atoms with Crippen LogP contribution < -0.4 is 5.32 Å². The number of ether oxygens (including phenoxy) is 1. The molecule has 0 aromatic heterocycles. The highest BCUT2D eigenvalue weighted by Gasteiger charge is 2.37. The fourth-order valence-corrected chi connectivity index (χ4v) is 2.54. The molecule has 1 atom stereocenters. The van der Waals surface area contributed by atoms with Crippen molar-refractivity contribution in [3.8, 4) is 0 Å². The molecular weight excluding hydrogens is 289 g/mol. The highest BCUT2D eigenvalue weighted by atomic mass is 19.4. The van der Waals surface area contributed by atoms with Crippen molar-refractivity contribution >= 4 is 12.0 Å². The molecule has 2 fully saturated rings. The van der Waals surface area contributed by atoms with E-state index in [1.54, 1.807) is 0 Å². The van der Waals surface area contributed by atoms with Crippen LogP contribution in [0.1, 0.15) is 32.1 Å². The van der Waals surface area contributed by atoms with E-state index in [4.69, 9.17) is 0 Å². The molecule has 0 aromatic rings. The van der Waals surface area contributed by atoms with Gasteiger partial charge >= 0.3 is 12.3 Å². The molecule has 0 radical (unpaired) electrons. The SMILES string of the molecule is O=C(NCC1CCC1)C1CCCN1C(=O)OCC(F)(F)F. The molecule has 1 saturated carbocycles. The summed E-state index contributed by atoms with van der Waals surface area (Å²) in [4.78, 5) is 24.7. The van der Waals surface area contributed by atoms with Crippen molar-refractivity contribution in [3.05, 3.63) is 0 Å². The van der Waals surface area contributed by atoms with Gasteiger partial charge < -0.3 is 10.1 Å². The molecule has 1 aliphatic heterocycles. The molecule has 8 heteroatoms. The molecule has 5 nitrogen and oxygen atoms in total. The second-order valence-electron chi connectivity index (χ2n) is 5.56. The standard InChI is InChI=1S/C13H19F3N2O3/c14-13(15,16)8-21-12(20)18-6-2-5-10(18)11(19)17-7-9-3-1-4-9/h9-10H,1-8H2,(H,17,19). The summed E-state index contributed by atoms with van der Waals surface area (Å²) in [7, 11) is 0. The van der Waals surface area contributed by atoms with Crippen molar-refractivity contribution in [3.63, 3.8) is 0 Å². The zero-order chi connectivity index (χ0) is 15.5. The number of alkyl halides is 3. The van der Waals surface area contributed by atoms with Crippen molar-refractivity contribution in [2.45, 2.75) is 44.3 Å². The van der Waals surface area contributed by atoms with Crippen LogP contribution in [-0.4, -0.2) is 48.8 Å². The predicted molar refractivity (Wildman–Crippen MR) is 67.5 cm³/mol. The van der Waals surface area contributed by atoms with Gasteiger partial charge in [0.1, 0.15) is 6.04 Å². The number of nitrogens with zero attached hydrogens (tertiary/aromatic N) is 1. The third-order valence-corrected chi connectivity index (χ3v) is 3.94. The largest absolute Gasteiger partial charge is 0.440 e. The topological polar surface area (TPSA) is 58.6 Å². The maximum absolute atomic E-state index is 12.0. The minimum Gasteiger partial charge on any atom is -0.440 e. The molecule has 1 aliphatic carbocycles. The van der Waals surface area contributed by atoms with Crippen LogP contribution in [0.3, 0.4) is 0 Å². The van der Waals surface area contributed by atoms with Gasteiger partial charge in [-0.05, 0) is 31.6 Å². The number of hydrogen-bond acceptors (Lipinski definition) is 3. The number of carbonyl (C=O) groups excluding carboxylic acids is 2. The van der Waals surface area contributed by atoms with Gasteiger partial charge in [-0.15, -0.1) is 0 Å². The lowest BCUT2D eigenvalue weighted by molar-refractivity contribution is -0.162. The summed E-state index contributed by atoms with van der Waals surface area (Å²) in [6, 6.07) is -0.717. The molecular formula is C13H19F3N2O3. The molecule has 0 aromatic carbocycles. The lowest BCUT2D eigenvalue weighted by atomic mass is 9.85. The lowest BCUT2D eigenvalue weighted by Crippen LogP contribution is -2.47.